The van der Waals surface area contributed by atoms with E-state index >= 15 is 0 Å². The van der Waals surface area contributed by atoms with Gasteiger partial charge in [-0.15, -0.1) is 0 Å². The number of ether oxygens (including phenoxy) is 2. The van der Waals surface area contributed by atoms with Crippen LogP contribution in [0.1, 0.15) is 44.7 Å². The van der Waals surface area contributed by atoms with E-state index in [9.17, 15) is 4.79 Å². The summed E-state index contributed by atoms with van der Waals surface area (Å²) in [6.07, 6.45) is 2.26. The van der Waals surface area contributed by atoms with Crippen molar-refractivity contribution in [1.82, 2.24) is 15.1 Å². The van der Waals surface area contributed by atoms with Gasteiger partial charge in [0.05, 0.1) is 25.8 Å². The lowest BCUT2D eigenvalue weighted by molar-refractivity contribution is -0.131. The maximum absolute atomic E-state index is 12.4. The predicted molar refractivity (Wildman–Crippen MR) is 120 cm³/mol. The van der Waals surface area contributed by atoms with Crippen LogP contribution >= 0.6 is 0 Å². The molecule has 0 spiro atoms. The van der Waals surface area contributed by atoms with Crippen molar-refractivity contribution in [3.63, 3.8) is 0 Å². The summed E-state index contributed by atoms with van der Waals surface area (Å²) in [6, 6.07) is 8.39. The van der Waals surface area contributed by atoms with Gasteiger partial charge >= 0.3 is 0 Å². The Balaban J connectivity index is 1.89. The second kappa shape index (κ2) is 13.2. The van der Waals surface area contributed by atoms with Crippen molar-refractivity contribution in [2.45, 2.75) is 52.9 Å². The number of nitrogens with one attached hydrogen (secondary N) is 1. The second-order valence-corrected chi connectivity index (χ2v) is 7.53. The molecule has 1 amide bonds. The highest BCUT2D eigenvalue weighted by Crippen LogP contribution is 2.14. The summed E-state index contributed by atoms with van der Waals surface area (Å²) < 4.78 is 11.4. The van der Waals surface area contributed by atoms with E-state index in [1.165, 1.54) is 5.56 Å². The number of benzene rings is 1. The number of aliphatic imine (C=N–C) groups is 1. The van der Waals surface area contributed by atoms with Crippen molar-refractivity contribution >= 4 is 11.9 Å². The van der Waals surface area contributed by atoms with Crippen LogP contribution in [0.25, 0.3) is 0 Å². The van der Waals surface area contributed by atoms with Crippen LogP contribution in [-0.2, 0) is 27.4 Å². The SMILES string of the molecule is CCNC(=NCc1ccc(COC2CCOCC2)cc1)N(C)CC(=O)N(CC)CC. The molecule has 1 N–H and O–H groups in total. The van der Waals surface area contributed by atoms with E-state index in [0.29, 0.717) is 25.8 Å². The van der Waals surface area contributed by atoms with E-state index in [0.717, 1.165) is 57.2 Å². The number of carbonyl (C=O) groups is 1. The van der Waals surface area contributed by atoms with Crippen LogP contribution in [0, 0.1) is 0 Å². The molecule has 1 aliphatic heterocycles. The molecular formula is C23H38N4O3. The van der Waals surface area contributed by atoms with Crippen molar-refractivity contribution in [2.24, 2.45) is 4.99 Å². The Bertz CT molecular complexity index is 653. The average molecular weight is 419 g/mol. The van der Waals surface area contributed by atoms with Crippen LogP contribution in [0.15, 0.2) is 29.3 Å². The zero-order chi connectivity index (χ0) is 21.8. The number of carbonyl (C=O) groups excluding carboxylic acids is 1. The number of amides is 1. The number of rotatable bonds is 10. The van der Waals surface area contributed by atoms with E-state index < -0.39 is 0 Å². The van der Waals surface area contributed by atoms with Crippen LogP contribution in [0.5, 0.6) is 0 Å². The topological polar surface area (TPSA) is 66.4 Å². The molecular weight excluding hydrogens is 380 g/mol. The Morgan fingerprint density at radius 2 is 1.77 bits per heavy atom. The molecule has 1 aromatic carbocycles. The van der Waals surface area contributed by atoms with Gasteiger partial charge in [0, 0.05) is 39.9 Å². The smallest absolute Gasteiger partial charge is 0.242 e. The molecule has 2 rings (SSSR count). The number of hydrogen-bond donors (Lipinski definition) is 1. The number of nitrogens with zero attached hydrogens (tertiary/aromatic N) is 3. The van der Waals surface area contributed by atoms with Crippen LogP contribution in [0.3, 0.4) is 0 Å². The molecule has 1 aromatic rings. The molecule has 7 nitrogen and oxygen atoms in total. The number of guanidine groups is 1. The molecule has 0 atom stereocenters. The Kier molecular flexibility index (Phi) is 10.7. The molecule has 0 radical (unpaired) electrons. The lowest BCUT2D eigenvalue weighted by Gasteiger charge is -2.25. The van der Waals surface area contributed by atoms with Gasteiger partial charge in [0.15, 0.2) is 5.96 Å². The van der Waals surface area contributed by atoms with Crippen molar-refractivity contribution in [1.29, 1.82) is 0 Å². The van der Waals surface area contributed by atoms with Gasteiger partial charge in [-0.2, -0.15) is 0 Å². The van der Waals surface area contributed by atoms with Gasteiger partial charge in [0.2, 0.25) is 5.91 Å². The summed E-state index contributed by atoms with van der Waals surface area (Å²) in [5.74, 6) is 0.854. The fourth-order valence-corrected chi connectivity index (χ4v) is 3.39. The van der Waals surface area contributed by atoms with E-state index in [1.54, 1.807) is 0 Å². The van der Waals surface area contributed by atoms with Gasteiger partial charge in [-0.1, -0.05) is 24.3 Å². The van der Waals surface area contributed by atoms with Gasteiger partial charge in [-0.3, -0.25) is 4.79 Å². The molecule has 1 heterocycles. The number of likely N-dealkylation sites (N-methyl/N-ethyl adjacent to an activating group) is 2. The fourth-order valence-electron chi connectivity index (χ4n) is 3.39. The van der Waals surface area contributed by atoms with E-state index in [2.05, 4.69) is 29.6 Å². The summed E-state index contributed by atoms with van der Waals surface area (Å²) >= 11 is 0. The maximum atomic E-state index is 12.4. The molecule has 30 heavy (non-hydrogen) atoms. The van der Waals surface area contributed by atoms with Crippen molar-refractivity contribution in [3.8, 4) is 0 Å². The van der Waals surface area contributed by atoms with Crippen molar-refractivity contribution in [2.75, 3.05) is 46.4 Å². The maximum Gasteiger partial charge on any atom is 0.242 e. The monoisotopic (exact) mass is 418 g/mol. The van der Waals surface area contributed by atoms with E-state index in [4.69, 9.17) is 14.5 Å². The number of hydrogen-bond acceptors (Lipinski definition) is 4. The third-order valence-corrected chi connectivity index (χ3v) is 5.27. The second-order valence-electron chi connectivity index (χ2n) is 7.53. The van der Waals surface area contributed by atoms with E-state index in [1.807, 2.05) is 37.6 Å². The van der Waals surface area contributed by atoms with E-state index in [-0.39, 0.29) is 5.91 Å². The quantitative estimate of drug-likeness (QED) is 0.467. The summed E-state index contributed by atoms with van der Waals surface area (Å²) in [7, 11) is 1.90. The van der Waals surface area contributed by atoms with Crippen molar-refractivity contribution in [3.05, 3.63) is 35.4 Å². The standard InChI is InChI=1S/C23H38N4O3/c1-5-24-23(26(4)17-22(28)27(6-2)7-3)25-16-19-8-10-20(11-9-19)18-30-21-12-14-29-15-13-21/h8-11,21H,5-7,12-18H2,1-4H3,(H,24,25). The summed E-state index contributed by atoms with van der Waals surface area (Å²) in [5.41, 5.74) is 2.30. The first-order valence-corrected chi connectivity index (χ1v) is 11.1. The van der Waals surface area contributed by atoms with Gasteiger partial charge < -0.3 is 24.6 Å². The lowest BCUT2D eigenvalue weighted by atomic mass is 10.1. The Morgan fingerprint density at radius 3 is 2.37 bits per heavy atom. The summed E-state index contributed by atoms with van der Waals surface area (Å²) in [6.45, 7) is 11.3. The lowest BCUT2D eigenvalue weighted by Crippen LogP contribution is -2.45. The zero-order valence-corrected chi connectivity index (χ0v) is 19.0. The predicted octanol–water partition coefficient (Wildman–Crippen LogP) is 2.65. The molecule has 1 fully saturated rings. The normalized spacial score (nSPS) is 15.1. The third kappa shape index (κ3) is 7.95. The molecule has 0 aliphatic carbocycles. The van der Waals surface area contributed by atoms with Gasteiger partial charge in [-0.05, 0) is 44.7 Å². The molecule has 1 aliphatic rings. The molecule has 7 heteroatoms. The van der Waals surface area contributed by atoms with Gasteiger partial charge in [0.25, 0.3) is 0 Å². The molecule has 1 saturated heterocycles. The first-order chi connectivity index (χ1) is 14.6. The minimum Gasteiger partial charge on any atom is -0.381 e. The van der Waals surface area contributed by atoms with Crippen molar-refractivity contribution < 1.29 is 14.3 Å². The molecule has 0 bridgehead atoms. The minimum absolute atomic E-state index is 0.113. The van der Waals surface area contributed by atoms with Crippen LogP contribution in [-0.4, -0.2) is 74.2 Å². The Morgan fingerprint density at radius 1 is 1.13 bits per heavy atom. The minimum atomic E-state index is 0.113. The third-order valence-electron chi connectivity index (χ3n) is 5.27. The summed E-state index contributed by atoms with van der Waals surface area (Å²) in [4.78, 5) is 20.8. The first kappa shape index (κ1) is 24.2. The Labute approximate surface area is 181 Å². The highest BCUT2D eigenvalue weighted by molar-refractivity contribution is 5.86. The molecule has 168 valence electrons. The molecule has 0 saturated carbocycles. The largest absolute Gasteiger partial charge is 0.381 e. The fraction of sp³-hybridized carbons (Fsp3) is 0.652. The van der Waals surface area contributed by atoms with Gasteiger partial charge in [-0.25, -0.2) is 4.99 Å². The highest BCUT2D eigenvalue weighted by atomic mass is 16.5. The molecule has 0 unspecified atom stereocenters. The van der Waals surface area contributed by atoms with Crippen LogP contribution < -0.4 is 5.32 Å². The summed E-state index contributed by atoms with van der Waals surface area (Å²) in [5, 5.41) is 3.28. The van der Waals surface area contributed by atoms with Gasteiger partial charge in [0.1, 0.15) is 0 Å². The average Bonchev–Trinajstić information content (AvgIpc) is 2.77. The highest BCUT2D eigenvalue weighted by Gasteiger charge is 2.15. The Hall–Kier alpha value is -2.12. The van der Waals surface area contributed by atoms with Crippen LogP contribution in [0.4, 0.5) is 0 Å². The van der Waals surface area contributed by atoms with Crippen LogP contribution in [0.2, 0.25) is 0 Å². The zero-order valence-electron chi connectivity index (χ0n) is 19.0. The molecule has 0 aromatic heterocycles. The first-order valence-electron chi connectivity index (χ1n) is 11.1.